The number of halogens is 1. The van der Waals surface area contributed by atoms with Gasteiger partial charge in [0.25, 0.3) is 5.91 Å². The molecule has 0 saturated heterocycles. The predicted molar refractivity (Wildman–Crippen MR) is 84.5 cm³/mol. The molecule has 0 fully saturated rings. The summed E-state index contributed by atoms with van der Waals surface area (Å²) in [6.45, 7) is 0.169. The fourth-order valence-corrected chi connectivity index (χ4v) is 2.70. The van der Waals surface area contributed by atoms with Crippen LogP contribution in [0.15, 0.2) is 48.5 Å². The quantitative estimate of drug-likeness (QED) is 0.691. The highest BCUT2D eigenvalue weighted by molar-refractivity contribution is 6.18. The number of carbonyl (C=O) groups is 3. The second-order valence-electron chi connectivity index (χ2n) is 5.57. The fraction of sp³-hybridized carbons (Fsp3) is 0.167. The van der Waals surface area contributed by atoms with Crippen molar-refractivity contribution >= 4 is 17.7 Å². The van der Waals surface area contributed by atoms with E-state index in [-0.39, 0.29) is 12.4 Å². The Morgan fingerprint density at radius 2 is 1.79 bits per heavy atom. The number of carbonyl (C=O) groups excluding carboxylic acids is 3. The van der Waals surface area contributed by atoms with Crippen LogP contribution in [0.4, 0.5) is 4.39 Å². The molecular weight excluding hydrogens is 311 g/mol. The molecule has 3 amide bonds. The highest BCUT2D eigenvalue weighted by atomic mass is 19.1. The summed E-state index contributed by atoms with van der Waals surface area (Å²) in [6.07, 6.45) is 0. The Morgan fingerprint density at radius 1 is 1.12 bits per heavy atom. The molecule has 122 valence electrons. The molecule has 24 heavy (non-hydrogen) atoms. The molecule has 2 aromatic rings. The van der Waals surface area contributed by atoms with Gasteiger partial charge >= 0.3 is 0 Å². The van der Waals surface area contributed by atoms with Crippen molar-refractivity contribution in [3.63, 3.8) is 0 Å². The molecule has 0 radical (unpaired) electrons. The molecule has 1 aliphatic rings. The van der Waals surface area contributed by atoms with E-state index >= 15 is 0 Å². The summed E-state index contributed by atoms with van der Waals surface area (Å²) in [4.78, 5) is 38.0. The maximum absolute atomic E-state index is 12.9. The van der Waals surface area contributed by atoms with Gasteiger partial charge in [-0.2, -0.15) is 0 Å². The van der Waals surface area contributed by atoms with Gasteiger partial charge in [0.15, 0.2) is 0 Å². The van der Waals surface area contributed by atoms with E-state index in [4.69, 9.17) is 0 Å². The number of benzene rings is 2. The van der Waals surface area contributed by atoms with E-state index in [9.17, 15) is 18.8 Å². The summed E-state index contributed by atoms with van der Waals surface area (Å²) >= 11 is 0. The molecule has 0 saturated carbocycles. The minimum atomic E-state index is -1.07. The van der Waals surface area contributed by atoms with Crippen molar-refractivity contribution in [2.75, 3.05) is 7.05 Å². The maximum atomic E-state index is 12.9. The maximum Gasteiger partial charge on any atom is 0.260 e. The molecule has 0 spiro atoms. The Kier molecular flexibility index (Phi) is 4.12. The van der Waals surface area contributed by atoms with Gasteiger partial charge in [-0.1, -0.05) is 30.3 Å². The third-order valence-corrected chi connectivity index (χ3v) is 4.03. The first-order chi connectivity index (χ1) is 11.5. The smallest absolute Gasteiger partial charge is 0.260 e. The van der Waals surface area contributed by atoms with Gasteiger partial charge in [0.1, 0.15) is 11.7 Å². The van der Waals surface area contributed by atoms with Gasteiger partial charge in [-0.3, -0.25) is 19.3 Å². The molecule has 1 heterocycles. The van der Waals surface area contributed by atoms with Crippen LogP contribution in [-0.2, 0) is 16.1 Å². The van der Waals surface area contributed by atoms with Gasteiger partial charge in [-0.15, -0.1) is 0 Å². The number of hydrogen-bond donors (Lipinski definition) is 1. The first-order valence-electron chi connectivity index (χ1n) is 7.42. The van der Waals surface area contributed by atoms with Crippen molar-refractivity contribution in [2.24, 2.45) is 0 Å². The minimum Gasteiger partial charge on any atom is -0.351 e. The van der Waals surface area contributed by atoms with E-state index in [0.717, 1.165) is 4.90 Å². The number of fused-ring (bicyclic) bond motifs is 1. The van der Waals surface area contributed by atoms with Crippen molar-refractivity contribution in [1.82, 2.24) is 10.2 Å². The van der Waals surface area contributed by atoms with Gasteiger partial charge in [0, 0.05) is 19.2 Å². The molecule has 1 atom stereocenters. The average Bonchev–Trinajstić information content (AvgIpc) is 2.59. The van der Waals surface area contributed by atoms with Gasteiger partial charge < -0.3 is 5.32 Å². The predicted octanol–water partition coefficient (Wildman–Crippen LogP) is 1.84. The number of rotatable bonds is 3. The van der Waals surface area contributed by atoms with Crippen LogP contribution in [0, 0.1) is 5.82 Å². The largest absolute Gasteiger partial charge is 0.351 e. The number of nitrogens with one attached hydrogen (secondary N) is 1. The highest BCUT2D eigenvalue weighted by Gasteiger charge is 2.40. The first-order valence-corrected chi connectivity index (χ1v) is 7.42. The SMILES string of the molecule is CN1C(=O)c2ccccc2C(C(=O)NCc2ccc(F)cc2)C1=O. The number of likely N-dealkylation sites (N-methyl/N-ethyl adjacent to an activating group) is 1. The lowest BCUT2D eigenvalue weighted by Crippen LogP contribution is -2.47. The number of amides is 3. The van der Waals surface area contributed by atoms with Crippen LogP contribution in [0.25, 0.3) is 0 Å². The average molecular weight is 326 g/mol. The van der Waals surface area contributed by atoms with Crippen molar-refractivity contribution in [1.29, 1.82) is 0 Å². The number of imide groups is 1. The summed E-state index contributed by atoms with van der Waals surface area (Å²) in [7, 11) is 1.36. The lowest BCUT2D eigenvalue weighted by Gasteiger charge is -2.29. The van der Waals surface area contributed by atoms with E-state index in [2.05, 4.69) is 5.32 Å². The fourth-order valence-electron chi connectivity index (χ4n) is 2.70. The van der Waals surface area contributed by atoms with Crippen LogP contribution in [0.5, 0.6) is 0 Å². The molecule has 1 N–H and O–H groups in total. The van der Waals surface area contributed by atoms with E-state index in [0.29, 0.717) is 16.7 Å². The molecule has 0 bridgehead atoms. The molecule has 0 aromatic heterocycles. The summed E-state index contributed by atoms with van der Waals surface area (Å²) in [6, 6.07) is 12.3. The van der Waals surface area contributed by atoms with Gasteiger partial charge in [-0.05, 0) is 29.3 Å². The zero-order valence-corrected chi connectivity index (χ0v) is 13.0. The van der Waals surface area contributed by atoms with Crippen LogP contribution in [0.2, 0.25) is 0 Å². The van der Waals surface area contributed by atoms with E-state index < -0.39 is 23.6 Å². The van der Waals surface area contributed by atoms with Crippen LogP contribution >= 0.6 is 0 Å². The molecule has 0 aliphatic carbocycles. The van der Waals surface area contributed by atoms with Crippen molar-refractivity contribution in [3.8, 4) is 0 Å². The Morgan fingerprint density at radius 3 is 2.50 bits per heavy atom. The molecule has 6 heteroatoms. The van der Waals surface area contributed by atoms with Crippen LogP contribution in [-0.4, -0.2) is 29.7 Å². The number of hydrogen-bond acceptors (Lipinski definition) is 3. The first kappa shape index (κ1) is 15.9. The summed E-state index contributed by atoms with van der Waals surface area (Å²) in [5.41, 5.74) is 1.47. The van der Waals surface area contributed by atoms with Crippen molar-refractivity contribution in [3.05, 3.63) is 71.0 Å². The lowest BCUT2D eigenvalue weighted by molar-refractivity contribution is -0.136. The summed E-state index contributed by atoms with van der Waals surface area (Å²) in [5.74, 6) is -2.89. The Balaban J connectivity index is 1.83. The Bertz CT molecular complexity index is 817. The zero-order chi connectivity index (χ0) is 17.3. The Labute approximate surface area is 138 Å². The normalized spacial score (nSPS) is 16.8. The third kappa shape index (κ3) is 2.78. The monoisotopic (exact) mass is 326 g/mol. The minimum absolute atomic E-state index is 0.169. The highest BCUT2D eigenvalue weighted by Crippen LogP contribution is 2.28. The van der Waals surface area contributed by atoms with E-state index in [1.54, 1.807) is 36.4 Å². The van der Waals surface area contributed by atoms with Crippen LogP contribution < -0.4 is 5.32 Å². The molecule has 1 aliphatic heterocycles. The summed E-state index contributed by atoms with van der Waals surface area (Å²) < 4.78 is 12.9. The number of nitrogens with zero attached hydrogens (tertiary/aromatic N) is 1. The molecule has 5 nitrogen and oxygen atoms in total. The van der Waals surface area contributed by atoms with Gasteiger partial charge in [-0.25, -0.2) is 4.39 Å². The van der Waals surface area contributed by atoms with Crippen LogP contribution in [0.1, 0.15) is 27.4 Å². The third-order valence-electron chi connectivity index (χ3n) is 4.03. The Hall–Kier alpha value is -3.02. The molecule has 2 aromatic carbocycles. The van der Waals surface area contributed by atoms with E-state index in [1.165, 1.54) is 19.2 Å². The standard InChI is InChI=1S/C18H15FN2O3/c1-21-17(23)14-5-3-2-4-13(14)15(18(21)24)16(22)20-10-11-6-8-12(19)9-7-11/h2-9,15H,10H2,1H3,(H,20,22). The summed E-state index contributed by atoms with van der Waals surface area (Å²) in [5, 5.41) is 2.67. The molecule has 1 unspecified atom stereocenters. The molecule has 3 rings (SSSR count). The topological polar surface area (TPSA) is 66.5 Å². The second-order valence-corrected chi connectivity index (χ2v) is 5.57. The van der Waals surface area contributed by atoms with Crippen molar-refractivity contribution in [2.45, 2.75) is 12.5 Å². The molecular formula is C18H15FN2O3. The van der Waals surface area contributed by atoms with Gasteiger partial charge in [0.2, 0.25) is 11.8 Å². The van der Waals surface area contributed by atoms with Crippen molar-refractivity contribution < 1.29 is 18.8 Å². The lowest BCUT2D eigenvalue weighted by atomic mass is 9.88. The second kappa shape index (κ2) is 6.23. The van der Waals surface area contributed by atoms with Gasteiger partial charge in [0.05, 0.1) is 0 Å². The van der Waals surface area contributed by atoms with Crippen LogP contribution in [0.3, 0.4) is 0 Å². The van der Waals surface area contributed by atoms with E-state index in [1.807, 2.05) is 0 Å². The zero-order valence-electron chi connectivity index (χ0n) is 13.0.